The minimum Gasteiger partial charge on any atom is -0.460 e. The molecule has 3 rings (SSSR count). The van der Waals surface area contributed by atoms with Gasteiger partial charge in [0.05, 0.1) is 12.3 Å². The molecule has 21 heavy (non-hydrogen) atoms. The fraction of sp³-hybridized carbons (Fsp3) is 0.312. The molecular weight excluding hydrogens is 284 g/mol. The van der Waals surface area contributed by atoms with Gasteiger partial charge in [-0.15, -0.1) is 11.8 Å². The topological polar surface area (TPSA) is 57.2 Å². The molecule has 4 nitrogen and oxygen atoms in total. The number of rotatable bonds is 4. The molecule has 2 heterocycles. The van der Waals surface area contributed by atoms with E-state index in [1.807, 2.05) is 35.4 Å². The van der Waals surface area contributed by atoms with Gasteiger partial charge in [0, 0.05) is 29.3 Å². The van der Waals surface area contributed by atoms with Crippen LogP contribution in [0, 0.1) is 0 Å². The first-order valence-corrected chi connectivity index (χ1v) is 8.02. The molecule has 1 aromatic carbocycles. The summed E-state index contributed by atoms with van der Waals surface area (Å²) in [5.74, 6) is 0.935. The Balaban J connectivity index is 1.67. The number of carbonyl (C=O) groups is 1. The zero-order chi connectivity index (χ0) is 14.8. The van der Waals surface area contributed by atoms with Crippen LogP contribution in [0.2, 0.25) is 0 Å². The van der Waals surface area contributed by atoms with Crippen LogP contribution in [0.5, 0.6) is 0 Å². The third-order valence-corrected chi connectivity index (χ3v) is 4.93. The van der Waals surface area contributed by atoms with Gasteiger partial charge in [-0.2, -0.15) is 0 Å². The third kappa shape index (κ3) is 2.78. The van der Waals surface area contributed by atoms with Gasteiger partial charge in [0.25, 0.3) is 0 Å². The van der Waals surface area contributed by atoms with Gasteiger partial charge in [-0.1, -0.05) is 18.2 Å². The molecule has 1 aromatic heterocycles. The normalized spacial score (nSPS) is 16.7. The fourth-order valence-electron chi connectivity index (χ4n) is 2.58. The van der Waals surface area contributed by atoms with Gasteiger partial charge in [0.15, 0.2) is 0 Å². The van der Waals surface area contributed by atoms with Crippen LogP contribution in [0.25, 0.3) is 0 Å². The average Bonchev–Trinajstić information content (AvgIpc) is 3.08. The maximum atomic E-state index is 12.2. The number of hydrogen-bond acceptors (Lipinski definition) is 4. The van der Waals surface area contributed by atoms with Crippen LogP contribution < -0.4 is 5.73 Å². The number of fused-ring (bicyclic) bond motifs is 1. The van der Waals surface area contributed by atoms with Crippen molar-refractivity contribution in [2.75, 3.05) is 18.1 Å². The zero-order valence-corrected chi connectivity index (χ0v) is 12.7. The molecule has 0 saturated carbocycles. The molecule has 1 atom stereocenters. The Kier molecular flexibility index (Phi) is 3.92. The van der Waals surface area contributed by atoms with E-state index >= 15 is 0 Å². The van der Waals surface area contributed by atoms with E-state index in [2.05, 4.69) is 12.1 Å². The lowest BCUT2D eigenvalue weighted by Gasteiger charge is -2.12. The second-order valence-electron chi connectivity index (χ2n) is 5.09. The van der Waals surface area contributed by atoms with Crippen LogP contribution in [-0.4, -0.2) is 22.9 Å². The van der Waals surface area contributed by atoms with E-state index in [0.29, 0.717) is 24.5 Å². The number of aryl methyl sites for hydroxylation is 1. The highest BCUT2D eigenvalue weighted by atomic mass is 32.2. The number of carbonyl (C=O) groups excluding carboxylic acids is 1. The highest BCUT2D eigenvalue weighted by molar-refractivity contribution is 7.99. The lowest BCUT2D eigenvalue weighted by Crippen LogP contribution is -2.15. The lowest BCUT2D eigenvalue weighted by molar-refractivity contribution is 0.0475. The second-order valence-corrected chi connectivity index (χ2v) is 6.15. The molecule has 5 heteroatoms. The summed E-state index contributed by atoms with van der Waals surface area (Å²) in [6.07, 6.45) is 1.76. The highest BCUT2D eigenvalue weighted by Crippen LogP contribution is 2.39. The molecular formula is C16H18N2O2S. The Morgan fingerprint density at radius 1 is 1.48 bits per heavy atom. The summed E-state index contributed by atoms with van der Waals surface area (Å²) in [5.41, 5.74) is 8.13. The van der Waals surface area contributed by atoms with Gasteiger partial charge in [0.2, 0.25) is 0 Å². The number of hydrogen-bond donors (Lipinski definition) is 1. The maximum absolute atomic E-state index is 12.2. The Labute approximate surface area is 128 Å². The van der Waals surface area contributed by atoms with E-state index in [4.69, 9.17) is 10.5 Å². The van der Waals surface area contributed by atoms with Gasteiger partial charge in [-0.3, -0.25) is 0 Å². The fourth-order valence-corrected chi connectivity index (χ4v) is 3.82. The number of aromatic nitrogens is 1. The monoisotopic (exact) mass is 302 g/mol. The smallest absolute Gasteiger partial charge is 0.355 e. The summed E-state index contributed by atoms with van der Waals surface area (Å²) >= 11 is 1.82. The number of esters is 1. The SMILES string of the molecule is CCn1cc(N)cc1C(=O)OCC1CSc2ccccc21. The molecule has 0 spiro atoms. The van der Waals surface area contributed by atoms with Crippen LogP contribution in [0.15, 0.2) is 41.4 Å². The molecule has 2 aromatic rings. The molecule has 1 aliphatic rings. The highest BCUT2D eigenvalue weighted by Gasteiger charge is 2.24. The Morgan fingerprint density at radius 2 is 2.29 bits per heavy atom. The molecule has 0 amide bonds. The first-order chi connectivity index (χ1) is 10.2. The van der Waals surface area contributed by atoms with Crippen molar-refractivity contribution >= 4 is 23.4 Å². The Bertz CT molecular complexity index is 666. The summed E-state index contributed by atoms with van der Waals surface area (Å²) in [6.45, 7) is 3.08. The summed E-state index contributed by atoms with van der Waals surface area (Å²) < 4.78 is 7.31. The molecule has 1 aliphatic heterocycles. The first kappa shape index (κ1) is 14.1. The number of benzene rings is 1. The minimum absolute atomic E-state index is 0.275. The van der Waals surface area contributed by atoms with E-state index in [1.54, 1.807) is 12.3 Å². The average molecular weight is 302 g/mol. The van der Waals surface area contributed by atoms with Crippen molar-refractivity contribution < 1.29 is 9.53 Å². The number of nitrogen functional groups attached to an aromatic ring is 1. The van der Waals surface area contributed by atoms with Crippen molar-refractivity contribution in [3.05, 3.63) is 47.8 Å². The predicted molar refractivity (Wildman–Crippen MR) is 84.7 cm³/mol. The quantitative estimate of drug-likeness (QED) is 0.882. The summed E-state index contributed by atoms with van der Waals surface area (Å²) in [4.78, 5) is 13.5. The standard InChI is InChI=1S/C16H18N2O2S/c1-2-18-8-12(17)7-14(18)16(19)20-9-11-10-21-15-6-4-3-5-13(11)15/h3-8,11H,2,9-10,17H2,1H3. The van der Waals surface area contributed by atoms with Crippen LogP contribution in [0.1, 0.15) is 28.9 Å². The maximum Gasteiger partial charge on any atom is 0.355 e. The van der Waals surface area contributed by atoms with Crippen LogP contribution in [-0.2, 0) is 11.3 Å². The largest absolute Gasteiger partial charge is 0.460 e. The van der Waals surface area contributed by atoms with Crippen molar-refractivity contribution in [2.24, 2.45) is 0 Å². The molecule has 0 radical (unpaired) electrons. The summed E-state index contributed by atoms with van der Waals surface area (Å²) in [7, 11) is 0. The number of nitrogens with zero attached hydrogens (tertiary/aromatic N) is 1. The number of nitrogens with two attached hydrogens (primary N) is 1. The number of anilines is 1. The van der Waals surface area contributed by atoms with Crippen molar-refractivity contribution in [2.45, 2.75) is 24.3 Å². The number of thioether (sulfide) groups is 1. The Morgan fingerprint density at radius 3 is 3.10 bits per heavy atom. The summed E-state index contributed by atoms with van der Waals surface area (Å²) in [6, 6.07) is 9.97. The van der Waals surface area contributed by atoms with Crippen LogP contribution >= 0.6 is 11.8 Å². The third-order valence-electron chi connectivity index (χ3n) is 3.68. The van der Waals surface area contributed by atoms with Gasteiger partial charge >= 0.3 is 5.97 Å². The number of ether oxygens (including phenoxy) is 1. The van der Waals surface area contributed by atoms with Crippen molar-refractivity contribution in [3.63, 3.8) is 0 Å². The van der Waals surface area contributed by atoms with E-state index in [0.717, 1.165) is 5.75 Å². The molecule has 110 valence electrons. The van der Waals surface area contributed by atoms with Crippen LogP contribution in [0.3, 0.4) is 0 Å². The van der Waals surface area contributed by atoms with Gasteiger partial charge in [-0.25, -0.2) is 4.79 Å². The van der Waals surface area contributed by atoms with E-state index in [-0.39, 0.29) is 11.9 Å². The van der Waals surface area contributed by atoms with Crippen molar-refractivity contribution in [1.82, 2.24) is 4.57 Å². The van der Waals surface area contributed by atoms with E-state index in [9.17, 15) is 4.79 Å². The zero-order valence-electron chi connectivity index (χ0n) is 11.9. The molecule has 0 fully saturated rings. The molecule has 2 N–H and O–H groups in total. The predicted octanol–water partition coefficient (Wildman–Crippen LogP) is 3.14. The minimum atomic E-state index is -0.303. The molecule has 0 saturated heterocycles. The Hall–Kier alpha value is -1.88. The van der Waals surface area contributed by atoms with E-state index < -0.39 is 0 Å². The van der Waals surface area contributed by atoms with E-state index in [1.165, 1.54) is 10.5 Å². The second kappa shape index (κ2) is 5.85. The van der Waals surface area contributed by atoms with Crippen LogP contribution in [0.4, 0.5) is 5.69 Å². The first-order valence-electron chi connectivity index (χ1n) is 7.03. The lowest BCUT2D eigenvalue weighted by atomic mass is 10.0. The van der Waals surface area contributed by atoms with Gasteiger partial charge in [0.1, 0.15) is 5.69 Å². The molecule has 0 bridgehead atoms. The van der Waals surface area contributed by atoms with Crippen molar-refractivity contribution in [3.8, 4) is 0 Å². The molecule has 1 unspecified atom stereocenters. The van der Waals surface area contributed by atoms with Gasteiger partial charge in [-0.05, 0) is 24.6 Å². The molecule has 0 aliphatic carbocycles. The summed E-state index contributed by atoms with van der Waals surface area (Å²) in [5, 5.41) is 0. The van der Waals surface area contributed by atoms with Crippen molar-refractivity contribution in [1.29, 1.82) is 0 Å². The van der Waals surface area contributed by atoms with Gasteiger partial charge < -0.3 is 15.0 Å².